The molecular weight excluding hydrogens is 292 g/mol. The second kappa shape index (κ2) is 6.71. The molecule has 3 rings (SSSR count). The van der Waals surface area contributed by atoms with Crippen LogP contribution in [0.4, 0.5) is 0 Å². The predicted octanol–water partition coefficient (Wildman–Crippen LogP) is 2.12. The van der Waals surface area contributed by atoms with Crippen molar-refractivity contribution in [3.05, 3.63) is 59.7 Å². The van der Waals surface area contributed by atoms with E-state index in [2.05, 4.69) is 0 Å². The third-order valence-electron chi connectivity index (χ3n) is 3.86. The van der Waals surface area contributed by atoms with Gasteiger partial charge in [-0.1, -0.05) is 36.4 Å². The summed E-state index contributed by atoms with van der Waals surface area (Å²) >= 11 is 0. The number of hydrogen-bond donors (Lipinski definition) is 1. The van der Waals surface area contributed by atoms with Crippen LogP contribution in [-0.4, -0.2) is 31.1 Å². The van der Waals surface area contributed by atoms with Gasteiger partial charge in [0.15, 0.2) is 11.5 Å². The summed E-state index contributed by atoms with van der Waals surface area (Å²) in [7, 11) is 1.89. The number of fused-ring (bicyclic) bond motifs is 1. The van der Waals surface area contributed by atoms with Gasteiger partial charge in [0.25, 0.3) is 0 Å². The van der Waals surface area contributed by atoms with Gasteiger partial charge in [0.05, 0.1) is 0 Å². The zero-order chi connectivity index (χ0) is 16.2. The minimum atomic E-state index is -0.468. The van der Waals surface area contributed by atoms with E-state index in [1.807, 2.05) is 60.5 Å². The number of nitrogens with zero attached hydrogens (tertiary/aromatic N) is 1. The number of ether oxygens (including phenoxy) is 2. The topological polar surface area (TPSA) is 64.8 Å². The average Bonchev–Trinajstić information content (AvgIpc) is 2.55. The molecule has 1 amide bonds. The number of primary amides is 1. The lowest BCUT2D eigenvalue weighted by Crippen LogP contribution is -2.35. The molecule has 0 spiro atoms. The predicted molar refractivity (Wildman–Crippen MR) is 87.3 cm³/mol. The number of hydrogen-bond acceptors (Lipinski definition) is 4. The molecule has 1 heterocycles. The van der Waals surface area contributed by atoms with Gasteiger partial charge in [0.1, 0.15) is 19.3 Å². The van der Waals surface area contributed by atoms with Crippen molar-refractivity contribution < 1.29 is 14.3 Å². The standard InChI is InChI=1S/C18H20N2O3/c1-20(17(18(19)21)14-5-3-2-4-6-14)12-13-7-8-15-16(11-13)23-10-9-22-15/h2-8,11,17H,9-10,12H2,1H3,(H2,19,21)/t17-/m0/s1. The molecule has 0 fully saturated rings. The van der Waals surface area contributed by atoms with Gasteiger partial charge in [0, 0.05) is 6.54 Å². The van der Waals surface area contributed by atoms with E-state index >= 15 is 0 Å². The number of carbonyl (C=O) groups excluding carboxylic acids is 1. The molecule has 0 radical (unpaired) electrons. The quantitative estimate of drug-likeness (QED) is 0.918. The van der Waals surface area contributed by atoms with Gasteiger partial charge in [-0.15, -0.1) is 0 Å². The van der Waals surface area contributed by atoms with Crippen molar-refractivity contribution in [3.8, 4) is 11.5 Å². The Balaban J connectivity index is 1.79. The molecule has 0 aliphatic carbocycles. The molecule has 0 bridgehead atoms. The Morgan fingerprint density at radius 3 is 2.52 bits per heavy atom. The highest BCUT2D eigenvalue weighted by Gasteiger charge is 2.23. The van der Waals surface area contributed by atoms with Crippen molar-refractivity contribution in [1.29, 1.82) is 0 Å². The van der Waals surface area contributed by atoms with Crippen molar-refractivity contribution in [3.63, 3.8) is 0 Å². The Hall–Kier alpha value is -2.53. The summed E-state index contributed by atoms with van der Waals surface area (Å²) in [5, 5.41) is 0. The molecule has 2 aromatic rings. The molecule has 1 atom stereocenters. The normalized spacial score (nSPS) is 14.5. The molecule has 1 aliphatic heterocycles. The minimum Gasteiger partial charge on any atom is -0.486 e. The van der Waals surface area contributed by atoms with E-state index in [1.54, 1.807) is 0 Å². The highest BCUT2D eigenvalue weighted by molar-refractivity contribution is 5.81. The van der Waals surface area contributed by atoms with E-state index < -0.39 is 6.04 Å². The van der Waals surface area contributed by atoms with E-state index in [0.29, 0.717) is 19.8 Å². The molecule has 2 aromatic carbocycles. The Morgan fingerprint density at radius 2 is 1.83 bits per heavy atom. The van der Waals surface area contributed by atoms with Crippen LogP contribution >= 0.6 is 0 Å². The van der Waals surface area contributed by atoms with E-state index in [0.717, 1.165) is 22.6 Å². The van der Waals surface area contributed by atoms with Crippen LogP contribution in [0.5, 0.6) is 11.5 Å². The maximum absolute atomic E-state index is 11.9. The number of likely N-dealkylation sites (N-methyl/N-ethyl adjacent to an activating group) is 1. The summed E-state index contributed by atoms with van der Waals surface area (Å²) in [6.07, 6.45) is 0. The molecule has 5 heteroatoms. The van der Waals surface area contributed by atoms with Crippen molar-refractivity contribution in [1.82, 2.24) is 4.90 Å². The molecule has 1 aliphatic rings. The Bertz CT molecular complexity index is 688. The zero-order valence-electron chi connectivity index (χ0n) is 13.1. The first kappa shape index (κ1) is 15.4. The Kier molecular flexibility index (Phi) is 4.48. The van der Waals surface area contributed by atoms with Crippen molar-refractivity contribution in [2.45, 2.75) is 12.6 Å². The van der Waals surface area contributed by atoms with Gasteiger partial charge in [-0.3, -0.25) is 9.69 Å². The summed E-state index contributed by atoms with van der Waals surface area (Å²) in [5.41, 5.74) is 7.54. The molecule has 0 saturated carbocycles. The molecule has 0 aromatic heterocycles. The fraction of sp³-hybridized carbons (Fsp3) is 0.278. The van der Waals surface area contributed by atoms with Crippen LogP contribution < -0.4 is 15.2 Å². The van der Waals surface area contributed by atoms with Gasteiger partial charge < -0.3 is 15.2 Å². The molecule has 2 N–H and O–H groups in total. The number of carbonyl (C=O) groups is 1. The Morgan fingerprint density at radius 1 is 1.13 bits per heavy atom. The second-order valence-corrected chi connectivity index (χ2v) is 5.61. The highest BCUT2D eigenvalue weighted by Crippen LogP contribution is 2.31. The number of benzene rings is 2. The molecule has 23 heavy (non-hydrogen) atoms. The summed E-state index contributed by atoms with van der Waals surface area (Å²) in [4.78, 5) is 13.8. The number of amides is 1. The molecule has 0 unspecified atom stereocenters. The zero-order valence-corrected chi connectivity index (χ0v) is 13.1. The van der Waals surface area contributed by atoms with E-state index in [9.17, 15) is 4.79 Å². The van der Waals surface area contributed by atoms with E-state index in [-0.39, 0.29) is 5.91 Å². The highest BCUT2D eigenvalue weighted by atomic mass is 16.6. The first-order valence-corrected chi connectivity index (χ1v) is 7.58. The largest absolute Gasteiger partial charge is 0.486 e. The average molecular weight is 312 g/mol. The lowest BCUT2D eigenvalue weighted by atomic mass is 10.0. The van der Waals surface area contributed by atoms with Gasteiger partial charge in [-0.25, -0.2) is 0 Å². The maximum atomic E-state index is 11.9. The first-order chi connectivity index (χ1) is 11.1. The summed E-state index contributed by atoms with van der Waals surface area (Å²) in [5.74, 6) is 1.14. The van der Waals surface area contributed by atoms with Crippen LogP contribution in [0.2, 0.25) is 0 Å². The van der Waals surface area contributed by atoms with Crippen LogP contribution in [0.3, 0.4) is 0 Å². The second-order valence-electron chi connectivity index (χ2n) is 5.61. The monoisotopic (exact) mass is 312 g/mol. The van der Waals surface area contributed by atoms with E-state index in [1.165, 1.54) is 0 Å². The summed E-state index contributed by atoms with van der Waals surface area (Å²) in [6, 6.07) is 14.9. The van der Waals surface area contributed by atoms with Gasteiger partial charge in [-0.2, -0.15) is 0 Å². The summed E-state index contributed by atoms with van der Waals surface area (Å²) in [6.45, 7) is 1.71. The number of rotatable bonds is 5. The third-order valence-corrected chi connectivity index (χ3v) is 3.86. The van der Waals surface area contributed by atoms with Crippen LogP contribution in [0.15, 0.2) is 48.5 Å². The van der Waals surface area contributed by atoms with Crippen LogP contribution in [-0.2, 0) is 11.3 Å². The first-order valence-electron chi connectivity index (χ1n) is 7.58. The molecule has 5 nitrogen and oxygen atoms in total. The van der Waals surface area contributed by atoms with Gasteiger partial charge in [0.2, 0.25) is 5.91 Å². The van der Waals surface area contributed by atoms with Gasteiger partial charge >= 0.3 is 0 Å². The lowest BCUT2D eigenvalue weighted by Gasteiger charge is -2.26. The molecular formula is C18H20N2O3. The lowest BCUT2D eigenvalue weighted by molar-refractivity contribution is -0.123. The third kappa shape index (κ3) is 3.46. The summed E-state index contributed by atoms with van der Waals surface area (Å²) < 4.78 is 11.1. The fourth-order valence-electron chi connectivity index (χ4n) is 2.84. The van der Waals surface area contributed by atoms with Gasteiger partial charge in [-0.05, 0) is 30.3 Å². The smallest absolute Gasteiger partial charge is 0.239 e. The Labute approximate surface area is 135 Å². The van der Waals surface area contributed by atoms with E-state index in [4.69, 9.17) is 15.2 Å². The van der Waals surface area contributed by atoms with Crippen molar-refractivity contribution >= 4 is 5.91 Å². The minimum absolute atomic E-state index is 0.365. The van der Waals surface area contributed by atoms with Crippen molar-refractivity contribution in [2.24, 2.45) is 5.73 Å². The van der Waals surface area contributed by atoms with Crippen LogP contribution in [0.25, 0.3) is 0 Å². The fourth-order valence-corrected chi connectivity index (χ4v) is 2.84. The van der Waals surface area contributed by atoms with Crippen LogP contribution in [0, 0.1) is 0 Å². The molecule has 0 saturated heterocycles. The van der Waals surface area contributed by atoms with Crippen molar-refractivity contribution in [2.75, 3.05) is 20.3 Å². The number of nitrogens with two attached hydrogens (primary N) is 1. The maximum Gasteiger partial charge on any atom is 0.239 e. The van der Waals surface area contributed by atoms with Crippen LogP contribution in [0.1, 0.15) is 17.2 Å². The molecule has 120 valence electrons. The SMILES string of the molecule is CN(Cc1ccc2c(c1)OCCO2)[C@H](C(N)=O)c1ccccc1.